The van der Waals surface area contributed by atoms with Crippen LogP contribution in [-0.2, 0) is 25.7 Å². The zero-order valence-electron chi connectivity index (χ0n) is 35.3. The summed E-state index contributed by atoms with van der Waals surface area (Å²) in [5.41, 5.74) is 10.0. The van der Waals surface area contributed by atoms with Gasteiger partial charge in [-0.05, 0) is 104 Å². The molecule has 0 aromatic heterocycles. The van der Waals surface area contributed by atoms with E-state index in [-0.39, 0.29) is 0 Å². The van der Waals surface area contributed by atoms with Crippen molar-refractivity contribution < 1.29 is 0 Å². The van der Waals surface area contributed by atoms with E-state index in [1.165, 1.54) is 157 Å². The van der Waals surface area contributed by atoms with Crippen LogP contribution in [-0.4, -0.2) is 11.4 Å². The van der Waals surface area contributed by atoms with E-state index in [9.17, 15) is 0 Å². The molecule has 0 fully saturated rings. The van der Waals surface area contributed by atoms with Gasteiger partial charge >= 0.3 is 0 Å². The van der Waals surface area contributed by atoms with Crippen molar-refractivity contribution in [3.8, 4) is 0 Å². The summed E-state index contributed by atoms with van der Waals surface area (Å²) in [5, 5.41) is 0. The lowest BCUT2D eigenvalue weighted by molar-refractivity contribution is 0.525. The smallest absolute Gasteiger partial charge is 0.0848 e. The molecule has 2 aromatic rings. The van der Waals surface area contributed by atoms with Gasteiger partial charge in [-0.1, -0.05) is 188 Å². The Hall–Kier alpha value is -2.48. The second-order valence-electron chi connectivity index (χ2n) is 15.4. The molecule has 2 nitrogen and oxygen atoms in total. The molecule has 2 heteroatoms. The zero-order chi connectivity index (χ0) is 37.5. The van der Waals surface area contributed by atoms with E-state index in [0.717, 1.165) is 67.7 Å². The number of aryl methyl sites for hydroxylation is 4. The van der Waals surface area contributed by atoms with E-state index < -0.39 is 0 Å². The molecular formula is C50H82N2. The van der Waals surface area contributed by atoms with Gasteiger partial charge in [0.15, 0.2) is 0 Å². The van der Waals surface area contributed by atoms with Crippen LogP contribution >= 0.6 is 0 Å². The molecule has 52 heavy (non-hydrogen) atoms. The first-order chi connectivity index (χ1) is 25.6. The minimum absolute atomic E-state index is 0.965. The number of benzene rings is 2. The average Bonchev–Trinajstić information content (AvgIpc) is 3.17. The largest absolute Gasteiger partial charge is 0.251 e. The molecular weight excluding hydrogens is 629 g/mol. The summed E-state index contributed by atoms with van der Waals surface area (Å²) in [5.74, 6) is 0. The second kappa shape index (κ2) is 30.9. The summed E-state index contributed by atoms with van der Waals surface area (Å²) < 4.78 is 0. The number of unbranched alkanes of at least 4 members (excludes halogenated alkanes) is 21. The molecule has 292 valence electrons. The fourth-order valence-electron chi connectivity index (χ4n) is 7.52. The molecule has 2 rings (SSSR count). The van der Waals surface area contributed by atoms with E-state index in [0.29, 0.717) is 0 Å². The summed E-state index contributed by atoms with van der Waals surface area (Å²) in [6, 6.07) is 13.6. The van der Waals surface area contributed by atoms with Gasteiger partial charge in [-0.25, -0.2) is 4.99 Å². The normalized spacial score (nSPS) is 12.4. The van der Waals surface area contributed by atoms with Gasteiger partial charge in [0.2, 0.25) is 0 Å². The number of allylic oxidation sites excluding steroid dienone is 2. The third kappa shape index (κ3) is 20.1. The molecule has 0 aliphatic heterocycles. The Morgan fingerprint density at radius 3 is 1.23 bits per heavy atom. The van der Waals surface area contributed by atoms with Gasteiger partial charge in [-0.15, -0.1) is 0 Å². The standard InChI is InChI=1S/C50H82N2/c1-7-13-15-17-18-19-20-21-22-23-24-25-26-27-28-29-30-31-32-34-36-50(52-48-40-38-44(10-4)46(12-6)42-48)49(35-33-16-14-8-2)51-47-39-37-43(9-3)45(11-5)41-47/h34,36-42H,7-33,35H2,1-6H3. The van der Waals surface area contributed by atoms with Crippen molar-refractivity contribution in [3.05, 3.63) is 70.8 Å². The van der Waals surface area contributed by atoms with Crippen LogP contribution in [0.3, 0.4) is 0 Å². The van der Waals surface area contributed by atoms with Crippen molar-refractivity contribution in [3.63, 3.8) is 0 Å². The lowest BCUT2D eigenvalue weighted by Crippen LogP contribution is -2.12. The van der Waals surface area contributed by atoms with Crippen LogP contribution in [0.5, 0.6) is 0 Å². The summed E-state index contributed by atoms with van der Waals surface area (Å²) in [4.78, 5) is 10.7. The fraction of sp³-hybridized carbons (Fsp3) is 0.680. The molecule has 0 aliphatic rings. The lowest BCUT2D eigenvalue weighted by Gasteiger charge is -2.12. The SMILES string of the molecule is CCCCCCCCCCCCCCCCCCCCC=CC(=Nc1ccc(CC)c(CC)c1)C(CCCCCC)=Nc1ccc(CC)c(CC)c1. The van der Waals surface area contributed by atoms with Gasteiger partial charge in [0.05, 0.1) is 22.8 Å². The Bertz CT molecular complexity index is 1270. The van der Waals surface area contributed by atoms with Crippen molar-refractivity contribution >= 4 is 22.8 Å². The van der Waals surface area contributed by atoms with Crippen molar-refractivity contribution in [1.82, 2.24) is 0 Å². The van der Waals surface area contributed by atoms with Crippen LogP contribution in [0.1, 0.15) is 218 Å². The molecule has 0 atom stereocenters. The van der Waals surface area contributed by atoms with E-state index >= 15 is 0 Å². The van der Waals surface area contributed by atoms with Crippen LogP contribution in [0, 0.1) is 0 Å². The molecule has 0 amide bonds. The molecule has 0 radical (unpaired) electrons. The van der Waals surface area contributed by atoms with Gasteiger partial charge in [0, 0.05) is 0 Å². The molecule has 0 saturated carbocycles. The summed E-state index contributed by atoms with van der Waals surface area (Å²) in [7, 11) is 0. The molecule has 2 aromatic carbocycles. The van der Waals surface area contributed by atoms with Crippen molar-refractivity contribution in [1.29, 1.82) is 0 Å². The topological polar surface area (TPSA) is 24.7 Å². The van der Waals surface area contributed by atoms with Gasteiger partial charge in [0.25, 0.3) is 0 Å². The highest BCUT2D eigenvalue weighted by Gasteiger charge is 2.11. The van der Waals surface area contributed by atoms with Crippen LogP contribution in [0.25, 0.3) is 0 Å². The first-order valence-corrected chi connectivity index (χ1v) is 22.7. The zero-order valence-corrected chi connectivity index (χ0v) is 35.3. The molecule has 0 aliphatic carbocycles. The van der Waals surface area contributed by atoms with E-state index in [1.807, 2.05) is 0 Å². The number of aliphatic imine (C=N–C) groups is 2. The molecule has 0 N–H and O–H groups in total. The van der Waals surface area contributed by atoms with E-state index in [2.05, 4.69) is 90.1 Å². The highest BCUT2D eigenvalue weighted by atomic mass is 14.8. The highest BCUT2D eigenvalue weighted by Crippen LogP contribution is 2.24. The first-order valence-electron chi connectivity index (χ1n) is 22.7. The van der Waals surface area contributed by atoms with Crippen molar-refractivity contribution in [2.45, 2.75) is 221 Å². The number of hydrogen-bond donors (Lipinski definition) is 0. The van der Waals surface area contributed by atoms with E-state index in [4.69, 9.17) is 9.98 Å². The quantitative estimate of drug-likeness (QED) is 0.0533. The predicted octanol–water partition coefficient (Wildman–Crippen LogP) is 16.7. The Morgan fingerprint density at radius 1 is 0.423 bits per heavy atom. The fourth-order valence-corrected chi connectivity index (χ4v) is 7.52. The molecule has 0 heterocycles. The van der Waals surface area contributed by atoms with Gasteiger partial charge in [-0.3, -0.25) is 4.99 Å². The third-order valence-corrected chi connectivity index (χ3v) is 11.0. The molecule has 0 bridgehead atoms. The van der Waals surface area contributed by atoms with Crippen LogP contribution in [0.4, 0.5) is 11.4 Å². The van der Waals surface area contributed by atoms with Crippen molar-refractivity contribution in [2.75, 3.05) is 0 Å². The highest BCUT2D eigenvalue weighted by molar-refractivity contribution is 6.47. The number of nitrogens with zero attached hydrogens (tertiary/aromatic N) is 2. The first kappa shape index (κ1) is 45.7. The van der Waals surface area contributed by atoms with Gasteiger partial charge in [0.1, 0.15) is 0 Å². The maximum Gasteiger partial charge on any atom is 0.0848 e. The summed E-state index contributed by atoms with van der Waals surface area (Å²) in [6.07, 6.45) is 41.4. The third-order valence-electron chi connectivity index (χ3n) is 11.0. The Labute approximate surface area is 323 Å². The van der Waals surface area contributed by atoms with Crippen molar-refractivity contribution in [2.24, 2.45) is 9.98 Å². The average molecular weight is 711 g/mol. The maximum atomic E-state index is 5.35. The second-order valence-corrected chi connectivity index (χ2v) is 15.4. The Balaban J connectivity index is 1.94. The summed E-state index contributed by atoms with van der Waals surface area (Å²) in [6.45, 7) is 13.6. The number of hydrogen-bond acceptors (Lipinski definition) is 2. The van der Waals surface area contributed by atoms with Crippen LogP contribution in [0.2, 0.25) is 0 Å². The monoisotopic (exact) mass is 711 g/mol. The minimum atomic E-state index is 0.965. The lowest BCUT2D eigenvalue weighted by atomic mass is 10.0. The van der Waals surface area contributed by atoms with Crippen LogP contribution < -0.4 is 0 Å². The molecule has 0 unspecified atom stereocenters. The Kier molecular flexibility index (Phi) is 27.2. The predicted molar refractivity (Wildman–Crippen MR) is 236 cm³/mol. The Morgan fingerprint density at radius 2 is 0.808 bits per heavy atom. The summed E-state index contributed by atoms with van der Waals surface area (Å²) >= 11 is 0. The minimum Gasteiger partial charge on any atom is -0.251 e. The van der Waals surface area contributed by atoms with Gasteiger partial charge in [-0.2, -0.15) is 0 Å². The number of rotatable bonds is 32. The molecule has 0 spiro atoms. The molecule has 0 saturated heterocycles. The maximum absolute atomic E-state index is 5.35. The van der Waals surface area contributed by atoms with E-state index in [1.54, 1.807) is 0 Å². The van der Waals surface area contributed by atoms with Gasteiger partial charge < -0.3 is 0 Å². The van der Waals surface area contributed by atoms with Crippen LogP contribution in [0.15, 0.2) is 58.5 Å².